The summed E-state index contributed by atoms with van der Waals surface area (Å²) in [6, 6.07) is 22.4. The molecule has 3 aromatic carbocycles. The fourth-order valence-corrected chi connectivity index (χ4v) is 3.59. The van der Waals surface area contributed by atoms with E-state index in [-0.39, 0.29) is 12.8 Å². The first-order chi connectivity index (χ1) is 13.7. The second-order valence-electron chi connectivity index (χ2n) is 7.02. The number of ether oxygens (including phenoxy) is 2. The van der Waals surface area contributed by atoms with Crippen molar-refractivity contribution in [1.29, 1.82) is 0 Å². The third kappa shape index (κ3) is 2.74. The Morgan fingerprint density at radius 1 is 0.893 bits per heavy atom. The van der Waals surface area contributed by atoms with E-state index in [1.54, 1.807) is 0 Å². The Balaban J connectivity index is 1.68. The maximum Gasteiger partial charge on any atom is 0.231 e. The summed E-state index contributed by atoms with van der Waals surface area (Å²) >= 11 is 0. The highest BCUT2D eigenvalue weighted by atomic mass is 16.7. The molecule has 0 spiro atoms. The molecular weight excluding hydrogens is 352 g/mol. The van der Waals surface area contributed by atoms with Crippen LogP contribution in [0.25, 0.3) is 11.0 Å². The quantitative estimate of drug-likeness (QED) is 0.544. The number of hydrogen-bond donors (Lipinski definition) is 0. The summed E-state index contributed by atoms with van der Waals surface area (Å²) in [7, 11) is 4.07. The maximum absolute atomic E-state index is 5.61. The van der Waals surface area contributed by atoms with E-state index in [2.05, 4.69) is 45.5 Å². The first-order valence-corrected chi connectivity index (χ1v) is 9.17. The van der Waals surface area contributed by atoms with Crippen LogP contribution in [0.3, 0.4) is 0 Å². The normalized spacial score (nSPS) is 13.6. The van der Waals surface area contributed by atoms with Gasteiger partial charge in [0, 0.05) is 19.8 Å². The predicted octanol–water partition coefficient (Wildman–Crippen LogP) is 3.86. The Labute approximate surface area is 162 Å². The van der Waals surface area contributed by atoms with Crippen LogP contribution < -0.4 is 14.4 Å². The van der Waals surface area contributed by atoms with Gasteiger partial charge in [-0.05, 0) is 47.5 Å². The predicted molar refractivity (Wildman–Crippen MR) is 108 cm³/mol. The van der Waals surface area contributed by atoms with Gasteiger partial charge in [-0.1, -0.05) is 35.5 Å². The topological polar surface area (TPSA) is 52.4 Å². The third-order valence-electron chi connectivity index (χ3n) is 5.06. The van der Waals surface area contributed by atoms with E-state index in [0.717, 1.165) is 39.3 Å². The molecule has 6 nitrogen and oxygen atoms in total. The van der Waals surface area contributed by atoms with Gasteiger partial charge in [0.25, 0.3) is 0 Å². The fraction of sp³-hybridized carbons (Fsp3) is 0.182. The largest absolute Gasteiger partial charge is 0.454 e. The van der Waals surface area contributed by atoms with Gasteiger partial charge in [0.05, 0.1) is 5.52 Å². The van der Waals surface area contributed by atoms with Crippen molar-refractivity contribution < 1.29 is 9.47 Å². The van der Waals surface area contributed by atoms with Gasteiger partial charge in [-0.25, -0.2) is 4.68 Å². The van der Waals surface area contributed by atoms with Crippen LogP contribution >= 0.6 is 0 Å². The lowest BCUT2D eigenvalue weighted by atomic mass is 9.97. The lowest BCUT2D eigenvalue weighted by Crippen LogP contribution is -2.15. The molecule has 4 aromatic rings. The number of rotatable bonds is 4. The SMILES string of the molecule is CN(C)c1ccc(C(c2ccc3c(c2)OCO3)n2nnc3ccccc32)cc1. The smallest absolute Gasteiger partial charge is 0.231 e. The Hall–Kier alpha value is -3.54. The lowest BCUT2D eigenvalue weighted by Gasteiger charge is -2.21. The van der Waals surface area contributed by atoms with Crippen molar-refractivity contribution in [2.75, 3.05) is 25.8 Å². The number of fused-ring (bicyclic) bond motifs is 2. The highest BCUT2D eigenvalue weighted by Gasteiger charge is 2.23. The number of aromatic nitrogens is 3. The van der Waals surface area contributed by atoms with Crippen LogP contribution in [-0.4, -0.2) is 35.9 Å². The molecular formula is C22H20N4O2. The molecule has 0 bridgehead atoms. The Bertz CT molecular complexity index is 1130. The number of para-hydroxylation sites is 1. The molecule has 6 heteroatoms. The highest BCUT2D eigenvalue weighted by Crippen LogP contribution is 2.37. The monoisotopic (exact) mass is 372 g/mol. The van der Waals surface area contributed by atoms with Crippen molar-refractivity contribution in [3.8, 4) is 11.5 Å². The average Bonchev–Trinajstić information content (AvgIpc) is 3.36. The minimum absolute atomic E-state index is 0.127. The van der Waals surface area contributed by atoms with Crippen LogP contribution in [-0.2, 0) is 0 Å². The van der Waals surface area contributed by atoms with Gasteiger partial charge in [-0.2, -0.15) is 0 Å². The average molecular weight is 372 g/mol. The number of nitrogens with zero attached hydrogens (tertiary/aromatic N) is 4. The maximum atomic E-state index is 5.61. The fourth-order valence-electron chi connectivity index (χ4n) is 3.59. The summed E-state index contributed by atoms with van der Waals surface area (Å²) in [6.07, 6.45) is 0. The minimum atomic E-state index is -0.127. The summed E-state index contributed by atoms with van der Waals surface area (Å²) in [5, 5.41) is 8.84. The lowest BCUT2D eigenvalue weighted by molar-refractivity contribution is 0.174. The van der Waals surface area contributed by atoms with Gasteiger partial charge in [0.15, 0.2) is 11.5 Å². The van der Waals surface area contributed by atoms with Crippen LogP contribution in [0, 0.1) is 0 Å². The van der Waals surface area contributed by atoms with E-state index >= 15 is 0 Å². The molecule has 0 fully saturated rings. The standard InChI is InChI=1S/C22H20N4O2/c1-25(2)17-10-7-15(8-11-17)22(16-9-12-20-21(13-16)28-14-27-20)26-19-6-4-3-5-18(19)23-24-26/h3-13,22H,14H2,1-2H3. The first kappa shape index (κ1) is 16.6. The molecule has 5 rings (SSSR count). The molecule has 1 aromatic heterocycles. The molecule has 1 aliphatic heterocycles. The summed E-state index contributed by atoms with van der Waals surface area (Å²) in [5.41, 5.74) is 5.20. The summed E-state index contributed by atoms with van der Waals surface area (Å²) in [4.78, 5) is 2.09. The van der Waals surface area contributed by atoms with Crippen LogP contribution in [0.15, 0.2) is 66.7 Å². The second kappa shape index (κ2) is 6.56. The van der Waals surface area contributed by atoms with Gasteiger partial charge in [0.1, 0.15) is 11.6 Å². The third-order valence-corrected chi connectivity index (χ3v) is 5.06. The van der Waals surface area contributed by atoms with Gasteiger partial charge in [-0.3, -0.25) is 0 Å². The highest BCUT2D eigenvalue weighted by molar-refractivity contribution is 5.74. The Kier molecular flexibility index (Phi) is 3.90. The van der Waals surface area contributed by atoms with E-state index in [1.165, 1.54) is 0 Å². The molecule has 1 atom stereocenters. The van der Waals surface area contributed by atoms with Gasteiger partial charge >= 0.3 is 0 Å². The molecule has 0 saturated carbocycles. The van der Waals surface area contributed by atoms with E-state index in [9.17, 15) is 0 Å². The zero-order chi connectivity index (χ0) is 19.1. The van der Waals surface area contributed by atoms with Crippen LogP contribution in [0.1, 0.15) is 17.2 Å². The van der Waals surface area contributed by atoms with Crippen molar-refractivity contribution in [2.24, 2.45) is 0 Å². The molecule has 140 valence electrons. The molecule has 0 radical (unpaired) electrons. The van der Waals surface area contributed by atoms with Gasteiger partial charge < -0.3 is 14.4 Å². The van der Waals surface area contributed by atoms with Crippen LogP contribution in [0.5, 0.6) is 11.5 Å². The van der Waals surface area contributed by atoms with Crippen LogP contribution in [0.2, 0.25) is 0 Å². The zero-order valence-electron chi connectivity index (χ0n) is 15.7. The van der Waals surface area contributed by atoms with E-state index in [0.29, 0.717) is 0 Å². The van der Waals surface area contributed by atoms with Crippen molar-refractivity contribution >= 4 is 16.7 Å². The minimum Gasteiger partial charge on any atom is -0.454 e. The molecule has 0 aliphatic carbocycles. The van der Waals surface area contributed by atoms with E-state index < -0.39 is 0 Å². The zero-order valence-corrected chi connectivity index (χ0v) is 15.7. The van der Waals surface area contributed by atoms with Gasteiger partial charge in [-0.15, -0.1) is 5.10 Å². The molecule has 0 saturated heterocycles. The van der Waals surface area contributed by atoms with Gasteiger partial charge in [0.2, 0.25) is 6.79 Å². The summed E-state index contributed by atoms with van der Waals surface area (Å²) in [5.74, 6) is 1.53. The van der Waals surface area contributed by atoms with E-state index in [1.807, 2.05) is 55.2 Å². The molecule has 1 unspecified atom stereocenters. The molecule has 1 aliphatic rings. The van der Waals surface area contributed by atoms with Crippen LogP contribution in [0.4, 0.5) is 5.69 Å². The van der Waals surface area contributed by atoms with Crippen molar-refractivity contribution in [3.05, 3.63) is 77.9 Å². The molecule has 28 heavy (non-hydrogen) atoms. The molecule has 2 heterocycles. The molecule has 0 amide bonds. The number of benzene rings is 3. The molecule has 0 N–H and O–H groups in total. The number of anilines is 1. The van der Waals surface area contributed by atoms with Crippen molar-refractivity contribution in [1.82, 2.24) is 15.0 Å². The Morgan fingerprint density at radius 3 is 2.46 bits per heavy atom. The summed E-state index contributed by atoms with van der Waals surface area (Å²) < 4.78 is 13.1. The second-order valence-corrected chi connectivity index (χ2v) is 7.02. The number of hydrogen-bond acceptors (Lipinski definition) is 5. The summed E-state index contributed by atoms with van der Waals surface area (Å²) in [6.45, 7) is 0.257. The van der Waals surface area contributed by atoms with Crippen molar-refractivity contribution in [3.63, 3.8) is 0 Å². The Morgan fingerprint density at radius 2 is 1.64 bits per heavy atom. The van der Waals surface area contributed by atoms with E-state index in [4.69, 9.17) is 9.47 Å². The first-order valence-electron chi connectivity index (χ1n) is 9.17. The van der Waals surface area contributed by atoms with Crippen molar-refractivity contribution in [2.45, 2.75) is 6.04 Å².